The van der Waals surface area contributed by atoms with Crippen molar-refractivity contribution in [2.24, 2.45) is 10.7 Å². The normalized spacial score (nSPS) is 11.3. The quantitative estimate of drug-likeness (QED) is 0.501. The van der Waals surface area contributed by atoms with E-state index in [1.807, 2.05) is 48.5 Å². The fraction of sp³-hybridized carbons (Fsp3) is 0.235. The molecule has 2 N–H and O–H groups in total. The Morgan fingerprint density at radius 1 is 1.14 bits per heavy atom. The largest absolute Gasteiger partial charge is 0.494 e. The fourth-order valence-corrected chi connectivity index (χ4v) is 2.35. The van der Waals surface area contributed by atoms with E-state index in [1.165, 1.54) is 17.3 Å². The second-order valence-corrected chi connectivity index (χ2v) is 5.75. The van der Waals surface area contributed by atoms with E-state index in [-0.39, 0.29) is 0 Å². The molecule has 0 aliphatic carbocycles. The molecule has 0 saturated heterocycles. The molecular formula is C17H20N2O2S. The van der Waals surface area contributed by atoms with Gasteiger partial charge in [-0.3, -0.25) is 0 Å². The SMILES string of the molecule is COc1ccccc1N=C(N)SCCOc1ccc(C)cc1. The third kappa shape index (κ3) is 5.00. The van der Waals surface area contributed by atoms with Crippen LogP contribution >= 0.6 is 11.8 Å². The summed E-state index contributed by atoms with van der Waals surface area (Å²) >= 11 is 1.46. The topological polar surface area (TPSA) is 56.8 Å². The molecule has 0 heterocycles. The highest BCUT2D eigenvalue weighted by molar-refractivity contribution is 8.13. The molecule has 2 rings (SSSR count). The second kappa shape index (κ2) is 8.34. The van der Waals surface area contributed by atoms with Crippen molar-refractivity contribution in [3.63, 3.8) is 0 Å². The molecule has 0 saturated carbocycles. The average molecular weight is 316 g/mol. The molecule has 0 spiro atoms. The zero-order chi connectivity index (χ0) is 15.8. The Kier molecular flexibility index (Phi) is 6.15. The van der Waals surface area contributed by atoms with Crippen LogP contribution in [0.15, 0.2) is 53.5 Å². The highest BCUT2D eigenvalue weighted by atomic mass is 32.2. The Morgan fingerprint density at radius 3 is 2.59 bits per heavy atom. The molecular weight excluding hydrogens is 296 g/mol. The van der Waals surface area contributed by atoms with E-state index in [4.69, 9.17) is 15.2 Å². The Morgan fingerprint density at radius 2 is 1.86 bits per heavy atom. The maximum absolute atomic E-state index is 5.93. The predicted octanol–water partition coefficient (Wildman–Crippen LogP) is 3.76. The van der Waals surface area contributed by atoms with Crippen LogP contribution in [0.25, 0.3) is 0 Å². The van der Waals surface area contributed by atoms with Crippen LogP contribution < -0.4 is 15.2 Å². The molecule has 2 aromatic carbocycles. The molecule has 5 heteroatoms. The van der Waals surface area contributed by atoms with Crippen LogP contribution in [0.2, 0.25) is 0 Å². The lowest BCUT2D eigenvalue weighted by Gasteiger charge is -2.07. The maximum Gasteiger partial charge on any atom is 0.159 e. The van der Waals surface area contributed by atoms with Gasteiger partial charge >= 0.3 is 0 Å². The number of benzene rings is 2. The maximum atomic E-state index is 5.93. The molecule has 0 fully saturated rings. The summed E-state index contributed by atoms with van der Waals surface area (Å²) in [5.74, 6) is 2.31. The van der Waals surface area contributed by atoms with Gasteiger partial charge in [0, 0.05) is 5.75 Å². The average Bonchev–Trinajstić information content (AvgIpc) is 2.54. The highest BCUT2D eigenvalue weighted by Gasteiger charge is 2.02. The van der Waals surface area contributed by atoms with Gasteiger partial charge < -0.3 is 15.2 Å². The lowest BCUT2D eigenvalue weighted by atomic mass is 10.2. The number of methoxy groups -OCH3 is 1. The van der Waals surface area contributed by atoms with Crippen molar-refractivity contribution in [2.75, 3.05) is 19.5 Å². The molecule has 0 aromatic heterocycles. The smallest absolute Gasteiger partial charge is 0.159 e. The van der Waals surface area contributed by atoms with Crippen LogP contribution in [0.4, 0.5) is 5.69 Å². The predicted molar refractivity (Wildman–Crippen MR) is 93.4 cm³/mol. The first-order chi connectivity index (χ1) is 10.7. The second-order valence-electron chi connectivity index (χ2n) is 4.63. The summed E-state index contributed by atoms with van der Waals surface area (Å²) < 4.78 is 10.9. The van der Waals surface area contributed by atoms with Crippen LogP contribution in [0.3, 0.4) is 0 Å². The first-order valence-electron chi connectivity index (χ1n) is 6.98. The Labute approximate surface area is 135 Å². The molecule has 2 aromatic rings. The molecule has 0 unspecified atom stereocenters. The van der Waals surface area contributed by atoms with Crippen molar-refractivity contribution in [1.82, 2.24) is 0 Å². The van der Waals surface area contributed by atoms with E-state index >= 15 is 0 Å². The van der Waals surface area contributed by atoms with Gasteiger partial charge in [-0.1, -0.05) is 41.6 Å². The van der Waals surface area contributed by atoms with Gasteiger partial charge in [-0.05, 0) is 31.2 Å². The zero-order valence-corrected chi connectivity index (χ0v) is 13.6. The lowest BCUT2D eigenvalue weighted by molar-refractivity contribution is 0.344. The van der Waals surface area contributed by atoms with Gasteiger partial charge in [-0.15, -0.1) is 0 Å². The number of rotatable bonds is 6. The van der Waals surface area contributed by atoms with Crippen molar-refractivity contribution in [1.29, 1.82) is 0 Å². The van der Waals surface area contributed by atoms with E-state index in [9.17, 15) is 0 Å². The van der Waals surface area contributed by atoms with Crippen molar-refractivity contribution in [3.8, 4) is 11.5 Å². The molecule has 0 bridgehead atoms. The number of hydrogen-bond donors (Lipinski definition) is 1. The van der Waals surface area contributed by atoms with E-state index in [0.717, 1.165) is 17.2 Å². The summed E-state index contributed by atoms with van der Waals surface area (Å²) in [4.78, 5) is 4.36. The summed E-state index contributed by atoms with van der Waals surface area (Å²) in [7, 11) is 1.62. The minimum absolute atomic E-state index is 0.497. The van der Waals surface area contributed by atoms with Crippen LogP contribution in [0.1, 0.15) is 5.56 Å². The number of nitrogens with zero attached hydrogens (tertiary/aromatic N) is 1. The van der Waals surface area contributed by atoms with Gasteiger partial charge in [0.05, 0.1) is 13.7 Å². The summed E-state index contributed by atoms with van der Waals surface area (Å²) in [6.07, 6.45) is 0. The minimum atomic E-state index is 0.497. The monoisotopic (exact) mass is 316 g/mol. The first kappa shape index (κ1) is 16.2. The van der Waals surface area contributed by atoms with Gasteiger partial charge in [-0.25, -0.2) is 4.99 Å². The standard InChI is InChI=1S/C17H20N2O2S/c1-13-7-9-14(10-8-13)21-11-12-22-17(18)19-15-5-3-4-6-16(15)20-2/h3-10H,11-12H2,1-2H3,(H2,18,19). The fourth-order valence-electron chi connectivity index (χ4n) is 1.81. The number of thioether (sulfide) groups is 1. The van der Waals surface area contributed by atoms with Crippen LogP contribution in [0, 0.1) is 6.92 Å². The molecule has 0 amide bonds. The summed E-state index contributed by atoms with van der Waals surface area (Å²) in [5, 5.41) is 0.497. The van der Waals surface area contributed by atoms with Gasteiger partial charge in [0.1, 0.15) is 17.2 Å². The van der Waals surface area contributed by atoms with Crippen LogP contribution in [-0.4, -0.2) is 24.6 Å². The van der Waals surface area contributed by atoms with Gasteiger partial charge in [-0.2, -0.15) is 0 Å². The molecule has 0 aliphatic rings. The van der Waals surface area contributed by atoms with Gasteiger partial charge in [0.15, 0.2) is 5.17 Å². The number of hydrogen-bond acceptors (Lipinski definition) is 4. The molecule has 22 heavy (non-hydrogen) atoms. The third-order valence-electron chi connectivity index (χ3n) is 2.94. The third-order valence-corrected chi connectivity index (χ3v) is 3.70. The van der Waals surface area contributed by atoms with E-state index in [0.29, 0.717) is 17.5 Å². The molecule has 0 atom stereocenters. The summed E-state index contributed by atoms with van der Waals surface area (Å²) in [6.45, 7) is 2.63. The van der Waals surface area contributed by atoms with Crippen molar-refractivity contribution in [2.45, 2.75) is 6.92 Å². The Hall–Kier alpha value is -2.14. The minimum Gasteiger partial charge on any atom is -0.494 e. The van der Waals surface area contributed by atoms with Gasteiger partial charge in [0.2, 0.25) is 0 Å². The highest BCUT2D eigenvalue weighted by Crippen LogP contribution is 2.27. The van der Waals surface area contributed by atoms with E-state index in [2.05, 4.69) is 11.9 Å². The number of ether oxygens (including phenoxy) is 2. The molecule has 4 nitrogen and oxygen atoms in total. The Balaban J connectivity index is 1.81. The molecule has 0 radical (unpaired) electrons. The zero-order valence-electron chi connectivity index (χ0n) is 12.8. The Bertz CT molecular complexity index is 627. The first-order valence-corrected chi connectivity index (χ1v) is 7.97. The summed E-state index contributed by atoms with van der Waals surface area (Å²) in [5.41, 5.74) is 7.88. The van der Waals surface area contributed by atoms with Crippen molar-refractivity contribution in [3.05, 3.63) is 54.1 Å². The summed E-state index contributed by atoms with van der Waals surface area (Å²) in [6, 6.07) is 15.5. The van der Waals surface area contributed by atoms with Crippen molar-refractivity contribution < 1.29 is 9.47 Å². The number of aryl methyl sites for hydroxylation is 1. The molecule has 0 aliphatic heterocycles. The van der Waals surface area contributed by atoms with Crippen LogP contribution in [-0.2, 0) is 0 Å². The number of aliphatic imine (C=N–C) groups is 1. The number of amidine groups is 1. The van der Waals surface area contributed by atoms with Crippen LogP contribution in [0.5, 0.6) is 11.5 Å². The lowest BCUT2D eigenvalue weighted by Crippen LogP contribution is -2.10. The number of nitrogens with two attached hydrogens (primary N) is 1. The van der Waals surface area contributed by atoms with E-state index in [1.54, 1.807) is 7.11 Å². The molecule has 116 valence electrons. The number of para-hydroxylation sites is 2. The van der Waals surface area contributed by atoms with E-state index < -0.39 is 0 Å². The van der Waals surface area contributed by atoms with Crippen molar-refractivity contribution >= 4 is 22.6 Å². The van der Waals surface area contributed by atoms with Gasteiger partial charge in [0.25, 0.3) is 0 Å².